The van der Waals surface area contributed by atoms with Crippen LogP contribution in [0.5, 0.6) is 0 Å². The highest BCUT2D eigenvalue weighted by Crippen LogP contribution is 2.67. The molecule has 1 N–H and O–H groups in total. The third kappa shape index (κ3) is 1.45. The zero-order valence-corrected chi connectivity index (χ0v) is 14.9. The number of piperidine rings is 4. The van der Waals surface area contributed by atoms with Crippen LogP contribution in [-0.4, -0.2) is 46.1 Å². The first kappa shape index (κ1) is 15.1. The second-order valence-electron chi connectivity index (χ2n) is 8.33. The first-order valence-electron chi connectivity index (χ1n) is 9.55. The fourth-order valence-corrected chi connectivity index (χ4v) is 6.90. The number of carbonyl (C=O) groups excluding carboxylic acids is 1. The Hall–Kier alpha value is -1.98. The SMILES string of the molecule is C/C=C1/[C@@H](O)N2[C@H]3C[C@@H]1[C@H]1[C@@H](OC(C)=O)[C@@]4(C[C@@H]12)C3=Nc1ccccc14. The first-order valence-corrected chi connectivity index (χ1v) is 9.55. The van der Waals surface area contributed by atoms with Gasteiger partial charge in [0.15, 0.2) is 0 Å². The van der Waals surface area contributed by atoms with Crippen LogP contribution in [-0.2, 0) is 14.9 Å². The normalized spacial score (nSPS) is 47.7. The highest BCUT2D eigenvalue weighted by atomic mass is 16.5. The van der Waals surface area contributed by atoms with E-state index in [4.69, 9.17) is 9.73 Å². The summed E-state index contributed by atoms with van der Waals surface area (Å²) >= 11 is 0. The van der Waals surface area contributed by atoms with Gasteiger partial charge in [0.1, 0.15) is 12.3 Å². The van der Waals surface area contributed by atoms with Gasteiger partial charge in [-0.05, 0) is 42.9 Å². The van der Waals surface area contributed by atoms with Crippen molar-refractivity contribution >= 4 is 17.4 Å². The molecule has 0 amide bonds. The molecule has 5 nitrogen and oxygen atoms in total. The number of aliphatic imine (C=N–C) groups is 1. The number of carbonyl (C=O) groups is 1. The summed E-state index contributed by atoms with van der Waals surface area (Å²) in [5, 5.41) is 11.0. The monoisotopic (exact) mass is 350 g/mol. The first-order chi connectivity index (χ1) is 12.6. The Kier molecular flexibility index (Phi) is 2.70. The predicted octanol–water partition coefficient (Wildman–Crippen LogP) is 2.31. The van der Waals surface area contributed by atoms with Crippen molar-refractivity contribution in [2.45, 2.75) is 56.5 Å². The molecule has 0 aromatic heterocycles. The lowest BCUT2D eigenvalue weighted by Gasteiger charge is -2.58. The molecule has 5 heteroatoms. The van der Waals surface area contributed by atoms with Crippen LogP contribution in [0.15, 0.2) is 40.9 Å². The summed E-state index contributed by atoms with van der Waals surface area (Å²) in [7, 11) is 0. The molecular weight excluding hydrogens is 328 g/mol. The molecule has 1 spiro atoms. The minimum atomic E-state index is -0.537. The molecule has 1 unspecified atom stereocenters. The maximum Gasteiger partial charge on any atom is 0.302 e. The van der Waals surface area contributed by atoms with Gasteiger partial charge in [-0.3, -0.25) is 14.7 Å². The quantitative estimate of drug-likeness (QED) is 0.624. The number of esters is 1. The van der Waals surface area contributed by atoms with Crippen LogP contribution in [0.2, 0.25) is 0 Å². The van der Waals surface area contributed by atoms with Gasteiger partial charge >= 0.3 is 5.97 Å². The molecule has 8 atom stereocenters. The molecule has 134 valence electrons. The van der Waals surface area contributed by atoms with Gasteiger partial charge < -0.3 is 9.84 Å². The Labute approximate surface area is 152 Å². The largest absolute Gasteiger partial charge is 0.461 e. The van der Waals surface area contributed by atoms with E-state index in [1.807, 2.05) is 13.0 Å². The highest BCUT2D eigenvalue weighted by Gasteiger charge is 2.74. The zero-order chi connectivity index (χ0) is 17.8. The summed E-state index contributed by atoms with van der Waals surface area (Å²) in [6.07, 6.45) is 3.17. The Bertz CT molecular complexity index is 906. The van der Waals surface area contributed by atoms with Gasteiger partial charge in [-0.25, -0.2) is 0 Å². The van der Waals surface area contributed by atoms with E-state index in [-0.39, 0.29) is 41.4 Å². The molecular formula is C21H22N2O3. The van der Waals surface area contributed by atoms with E-state index >= 15 is 0 Å². The van der Waals surface area contributed by atoms with Crippen molar-refractivity contribution in [2.24, 2.45) is 16.8 Å². The molecule has 5 fully saturated rings. The van der Waals surface area contributed by atoms with Crippen molar-refractivity contribution in [3.8, 4) is 0 Å². The van der Waals surface area contributed by atoms with E-state index < -0.39 is 6.23 Å². The van der Waals surface area contributed by atoms with Crippen molar-refractivity contribution in [3.05, 3.63) is 41.5 Å². The summed E-state index contributed by atoms with van der Waals surface area (Å²) in [5.74, 6) is 0.264. The number of ether oxygens (including phenoxy) is 1. The highest BCUT2D eigenvalue weighted by molar-refractivity contribution is 6.08. The van der Waals surface area contributed by atoms with Crippen LogP contribution in [0.1, 0.15) is 32.3 Å². The maximum atomic E-state index is 12.0. The van der Waals surface area contributed by atoms with Crippen molar-refractivity contribution < 1.29 is 14.6 Å². The van der Waals surface area contributed by atoms with Crippen molar-refractivity contribution in [3.63, 3.8) is 0 Å². The van der Waals surface area contributed by atoms with E-state index in [2.05, 4.69) is 29.2 Å². The van der Waals surface area contributed by atoms with E-state index in [1.165, 1.54) is 12.5 Å². The lowest BCUT2D eigenvalue weighted by Crippen LogP contribution is -2.68. The van der Waals surface area contributed by atoms with Gasteiger partial charge in [0.05, 0.1) is 22.9 Å². The van der Waals surface area contributed by atoms with Gasteiger partial charge in [-0.1, -0.05) is 24.3 Å². The minimum Gasteiger partial charge on any atom is -0.461 e. The molecule has 4 saturated heterocycles. The third-order valence-corrected chi connectivity index (χ3v) is 7.53. The van der Waals surface area contributed by atoms with Crippen LogP contribution in [0.25, 0.3) is 0 Å². The summed E-state index contributed by atoms with van der Waals surface area (Å²) in [6, 6.07) is 8.67. The molecule has 1 aliphatic carbocycles. The van der Waals surface area contributed by atoms with Crippen LogP contribution in [0.4, 0.5) is 5.69 Å². The van der Waals surface area contributed by atoms with Crippen molar-refractivity contribution in [1.29, 1.82) is 0 Å². The average molecular weight is 350 g/mol. The Morgan fingerprint density at radius 3 is 3.00 bits per heavy atom. The Balaban J connectivity index is 1.62. The molecule has 7 rings (SSSR count). The molecule has 6 aliphatic rings. The lowest BCUT2D eigenvalue weighted by molar-refractivity contribution is -0.156. The number of hydrogen-bond donors (Lipinski definition) is 1. The molecule has 5 bridgehead atoms. The Morgan fingerprint density at radius 1 is 1.42 bits per heavy atom. The number of nitrogens with zero attached hydrogens (tertiary/aromatic N) is 2. The van der Waals surface area contributed by atoms with Crippen molar-refractivity contribution in [1.82, 2.24) is 4.90 Å². The summed E-state index contributed by atoms with van der Waals surface area (Å²) in [5.41, 5.74) is 4.10. The topological polar surface area (TPSA) is 62.1 Å². The maximum absolute atomic E-state index is 12.0. The predicted molar refractivity (Wildman–Crippen MR) is 96.2 cm³/mol. The molecule has 5 heterocycles. The van der Waals surface area contributed by atoms with Crippen molar-refractivity contribution in [2.75, 3.05) is 0 Å². The van der Waals surface area contributed by atoms with Crippen LogP contribution in [0, 0.1) is 11.8 Å². The fraction of sp³-hybridized carbons (Fsp3) is 0.524. The number of aliphatic hydroxyl groups excluding tert-OH is 1. The lowest BCUT2D eigenvalue weighted by atomic mass is 9.66. The zero-order valence-electron chi connectivity index (χ0n) is 14.9. The smallest absolute Gasteiger partial charge is 0.302 e. The van der Waals surface area contributed by atoms with E-state index in [0.29, 0.717) is 0 Å². The standard InChI is InChI=1S/C21H22N2O3/c1-3-11-12-8-15-18-21(13-6-4-5-7-14(13)22-18)9-16(23(15)20(11)25)17(12)19(21)26-10(2)24/h3-7,12,15-17,19-20,25H,8-9H2,1-2H3/b11-3+/t12-,15-,16-,17+,19+,20+,21+/m0/s1. The average Bonchev–Trinajstić information content (AvgIpc) is 3.08. The molecule has 0 radical (unpaired) electrons. The number of hydrogen-bond acceptors (Lipinski definition) is 5. The molecule has 1 aromatic carbocycles. The number of para-hydroxylation sites is 1. The molecule has 26 heavy (non-hydrogen) atoms. The number of fused-ring (bicyclic) bond motifs is 2. The number of benzene rings is 1. The summed E-state index contributed by atoms with van der Waals surface area (Å²) in [4.78, 5) is 19.3. The van der Waals surface area contributed by atoms with Crippen LogP contribution in [0.3, 0.4) is 0 Å². The second kappa shape index (κ2) is 4.65. The molecule has 5 aliphatic heterocycles. The van der Waals surface area contributed by atoms with Gasteiger partial charge in [0.25, 0.3) is 0 Å². The van der Waals surface area contributed by atoms with Gasteiger partial charge in [0, 0.05) is 18.9 Å². The second-order valence-corrected chi connectivity index (χ2v) is 8.33. The number of aliphatic hydroxyl groups is 1. The van der Waals surface area contributed by atoms with E-state index in [9.17, 15) is 9.90 Å². The molecule has 1 aromatic rings. The summed E-state index contributed by atoms with van der Waals surface area (Å²) in [6.45, 7) is 3.51. The Morgan fingerprint density at radius 2 is 2.23 bits per heavy atom. The van der Waals surface area contributed by atoms with Gasteiger partial charge in [0.2, 0.25) is 0 Å². The van der Waals surface area contributed by atoms with E-state index in [0.717, 1.165) is 29.8 Å². The number of rotatable bonds is 1. The minimum absolute atomic E-state index is 0.140. The fourth-order valence-electron chi connectivity index (χ4n) is 6.90. The summed E-state index contributed by atoms with van der Waals surface area (Å²) < 4.78 is 6.04. The van der Waals surface area contributed by atoms with Gasteiger partial charge in [-0.15, -0.1) is 0 Å². The van der Waals surface area contributed by atoms with Crippen LogP contribution >= 0.6 is 0 Å². The number of allylic oxidation sites excluding steroid dienone is 1. The van der Waals surface area contributed by atoms with Gasteiger partial charge in [-0.2, -0.15) is 0 Å². The van der Waals surface area contributed by atoms with Crippen LogP contribution < -0.4 is 0 Å². The third-order valence-electron chi connectivity index (χ3n) is 7.53. The molecule has 1 saturated carbocycles. The van der Waals surface area contributed by atoms with E-state index in [1.54, 1.807) is 0 Å².